The van der Waals surface area contributed by atoms with E-state index in [1.807, 2.05) is 12.2 Å². The van der Waals surface area contributed by atoms with Crippen molar-refractivity contribution >= 4 is 132 Å². The number of nitrogen functional groups attached to an aromatic ring is 1. The molecule has 8 N–H and O–H groups in total. The molecule has 0 aliphatic carbocycles. The normalized spacial score (nSPS) is 19.3. The summed E-state index contributed by atoms with van der Waals surface area (Å²) in [6.07, 6.45) is 19.0. The lowest BCUT2D eigenvalue weighted by atomic mass is 9.81. The summed E-state index contributed by atoms with van der Waals surface area (Å²) in [5.74, 6) is 7.40. The van der Waals surface area contributed by atoms with E-state index in [1.54, 1.807) is 40.0 Å². The number of ketones is 2. The van der Waals surface area contributed by atoms with E-state index >= 15 is 0 Å². The fraction of sp³-hybridized carbons (Fsp3) is 0.525. The van der Waals surface area contributed by atoms with Gasteiger partial charge in [0, 0.05) is 105 Å². The number of likely N-dealkylation sites (N-methyl/N-ethyl adjacent to an activating group) is 1. The number of carbonyl (C=O) groups is 2. The Kier molecular flexibility index (Phi) is 31.5. The molecule has 6 atom stereocenters. The van der Waals surface area contributed by atoms with Gasteiger partial charge in [0.1, 0.15) is 36.4 Å². The molecule has 2 aromatic heterocycles. The van der Waals surface area contributed by atoms with E-state index in [9.17, 15) is 50.8 Å². The van der Waals surface area contributed by atoms with Crippen LogP contribution in [0.3, 0.4) is 0 Å². The topological polar surface area (TPSA) is 410 Å². The van der Waals surface area contributed by atoms with Gasteiger partial charge in [-0.15, -0.1) is 12.6 Å². The van der Waals surface area contributed by atoms with Crippen LogP contribution in [0, 0.1) is 11.8 Å². The maximum atomic E-state index is 13.2. The number of unbranched alkanes of at least 4 members (excludes halogenated alkanes) is 5. The minimum Gasteiger partial charge on any atom is -0.370 e. The van der Waals surface area contributed by atoms with Crippen molar-refractivity contribution < 1.29 is 100 Å². The number of allylic oxidation sites excluding steroid dienone is 6. The van der Waals surface area contributed by atoms with Crippen LogP contribution in [0.25, 0.3) is 11.0 Å². The first-order chi connectivity index (χ1) is 46.0. The van der Waals surface area contributed by atoms with Crippen molar-refractivity contribution in [3.8, 4) is 11.8 Å². The van der Waals surface area contributed by atoms with E-state index in [-0.39, 0.29) is 69.6 Å². The lowest BCUT2D eigenvalue weighted by Gasteiger charge is -2.25. The molecule has 37 heteroatoms. The van der Waals surface area contributed by atoms with Gasteiger partial charge in [-0.1, -0.05) is 106 Å². The van der Waals surface area contributed by atoms with Crippen LogP contribution < -0.4 is 16.2 Å². The van der Waals surface area contributed by atoms with Gasteiger partial charge in [-0.25, -0.2) is 13.7 Å². The zero-order valence-electron chi connectivity index (χ0n) is 54.9. The number of benzene rings is 2. The number of rotatable bonds is 38. The highest BCUT2D eigenvalue weighted by atomic mass is 33.1. The third-order valence-electron chi connectivity index (χ3n) is 15.9. The Bertz CT molecular complexity index is 4180. The van der Waals surface area contributed by atoms with Gasteiger partial charge in [0.05, 0.1) is 39.9 Å². The number of ether oxygens (including phenoxy) is 3. The fourth-order valence-corrected chi connectivity index (χ4v) is 17.3. The zero-order valence-corrected chi connectivity index (χ0v) is 62.5. The van der Waals surface area contributed by atoms with Crippen LogP contribution in [-0.2, 0) is 103 Å². The number of hydrogen-bond acceptors (Lipinski definition) is 23. The molecule has 0 bridgehead atoms. The molecule has 1 fully saturated rings. The Morgan fingerprint density at radius 1 is 0.898 bits per heavy atom. The smallest absolute Gasteiger partial charge is 0.370 e. The second-order valence-corrected chi connectivity index (χ2v) is 35.7. The molecule has 28 nitrogen and oxygen atoms in total. The Balaban J connectivity index is 0.00000368. The van der Waals surface area contributed by atoms with Crippen molar-refractivity contribution in [3.05, 3.63) is 112 Å². The number of Topliss-reactive ketones (excluding diaryl/α,β-unsaturated/α-hetero) is 2. The largest absolute Gasteiger partial charge is 0.490 e. The predicted octanol–water partition coefficient (Wildman–Crippen LogP) is 10.0. The van der Waals surface area contributed by atoms with Gasteiger partial charge >= 0.3 is 34.1 Å². The second kappa shape index (κ2) is 37.5. The molecule has 0 radical (unpaired) electrons. The summed E-state index contributed by atoms with van der Waals surface area (Å²) in [4.78, 5) is 85.1. The predicted molar refractivity (Wildman–Crippen MR) is 379 cm³/mol. The SMILES string of the molecule is CCN1\C(=C/C=C/C=C/C2=[N+](CCCCCC(=O)CCCSSCOCCCCCCC(=O)CCC#Cc3cn([C@H]4CC(OCS(C)=S)[C@@H](COP(=O)(O)OP(=O)(O)OP(=O)(O)O)O4)c4nc(N)[nH]c(=O)c34)c3ccc(S(=O)(=O)O)cc3C2(C)C)C(C)(C)c2ccccc21.O=S(=O)=O. The minimum absolute atomic E-state index is 0.0416. The summed E-state index contributed by atoms with van der Waals surface area (Å²) in [5.41, 5.74) is 11.4. The highest BCUT2D eigenvalue weighted by Gasteiger charge is 2.46. The number of aromatic amines is 1. The number of aromatic nitrogens is 3. The molecule has 540 valence electrons. The molecule has 0 saturated carbocycles. The number of nitrogens with zero attached hydrogens (tertiary/aromatic N) is 4. The van der Waals surface area contributed by atoms with Crippen LogP contribution in [0.4, 0.5) is 17.3 Å². The average Bonchev–Trinajstić information content (AvgIpc) is 1.58. The molecule has 98 heavy (non-hydrogen) atoms. The van der Waals surface area contributed by atoms with Crippen molar-refractivity contribution in [2.45, 2.75) is 159 Å². The monoisotopic (exact) mass is 1540 g/mol. The van der Waals surface area contributed by atoms with Crippen molar-refractivity contribution in [2.75, 3.05) is 60.8 Å². The van der Waals surface area contributed by atoms with Gasteiger partial charge in [0.25, 0.3) is 15.7 Å². The Morgan fingerprint density at radius 2 is 1.57 bits per heavy atom. The molecule has 0 amide bonds. The van der Waals surface area contributed by atoms with Crippen molar-refractivity contribution in [1.82, 2.24) is 14.5 Å². The molecule has 4 aromatic rings. The molecule has 2 aromatic carbocycles. The molecular weight excluding hydrogens is 1450 g/mol. The third kappa shape index (κ3) is 24.8. The molecule has 0 spiro atoms. The van der Waals surface area contributed by atoms with Crippen LogP contribution in [0.2, 0.25) is 0 Å². The van der Waals surface area contributed by atoms with E-state index in [4.69, 9.17) is 58.1 Å². The summed E-state index contributed by atoms with van der Waals surface area (Å²) in [6, 6.07) is 13.3. The highest BCUT2D eigenvalue weighted by molar-refractivity contribution is 8.76. The van der Waals surface area contributed by atoms with Gasteiger partial charge < -0.3 is 49.0 Å². The molecule has 4 unspecified atom stereocenters. The van der Waals surface area contributed by atoms with Crippen molar-refractivity contribution in [1.29, 1.82) is 0 Å². The first kappa shape index (κ1) is 82.3. The molecule has 5 heterocycles. The number of nitrogens with one attached hydrogen (secondary N) is 1. The molecule has 7 rings (SSSR count). The number of fused-ring (bicyclic) bond motifs is 3. The van der Waals surface area contributed by atoms with E-state index in [1.165, 1.54) is 33.8 Å². The molecule has 3 aliphatic rings. The maximum Gasteiger partial charge on any atom is 0.490 e. The van der Waals surface area contributed by atoms with E-state index in [2.05, 4.69) is 117 Å². The fourth-order valence-electron chi connectivity index (χ4n) is 11.5. The van der Waals surface area contributed by atoms with Gasteiger partial charge in [0.15, 0.2) is 11.4 Å². The van der Waals surface area contributed by atoms with E-state index in [0.29, 0.717) is 44.8 Å². The molecular formula is C61H84N6O22P3S6+. The van der Waals surface area contributed by atoms with E-state index < -0.39 is 89.7 Å². The number of phosphoric ester groups is 1. The number of para-hydroxylation sites is 1. The number of nitrogens with two attached hydrogens (primary N) is 1. The summed E-state index contributed by atoms with van der Waals surface area (Å²) in [7, 11) is -21.8. The average molecular weight is 1540 g/mol. The van der Waals surface area contributed by atoms with Crippen LogP contribution >= 0.6 is 45.1 Å². The second-order valence-electron chi connectivity index (χ2n) is 23.9. The van der Waals surface area contributed by atoms with Gasteiger partial charge in [-0.3, -0.25) is 28.4 Å². The van der Waals surface area contributed by atoms with Crippen molar-refractivity contribution in [2.24, 2.45) is 0 Å². The summed E-state index contributed by atoms with van der Waals surface area (Å²) in [6.45, 7) is 12.1. The summed E-state index contributed by atoms with van der Waals surface area (Å²) < 4.78 is 129. The Hall–Kier alpha value is -4.66. The van der Waals surface area contributed by atoms with Crippen LogP contribution in [0.5, 0.6) is 0 Å². The maximum absolute atomic E-state index is 13.2. The first-order valence-electron chi connectivity index (χ1n) is 31.1. The van der Waals surface area contributed by atoms with Gasteiger partial charge in [-0.2, -0.15) is 26.6 Å². The van der Waals surface area contributed by atoms with Gasteiger partial charge in [-0.05, 0) is 100 Å². The van der Waals surface area contributed by atoms with Crippen LogP contribution in [0.1, 0.15) is 147 Å². The molecule has 3 aliphatic heterocycles. The number of phosphoric acid groups is 3. The third-order valence-corrected chi connectivity index (χ3v) is 23.5. The summed E-state index contributed by atoms with van der Waals surface area (Å²) in [5, 5.41) is 0.0743. The molecule has 1 saturated heterocycles. The van der Waals surface area contributed by atoms with Gasteiger partial charge in [0.2, 0.25) is 11.6 Å². The number of hydrogen-bond donors (Lipinski definition) is 7. The minimum atomic E-state index is -5.78. The highest BCUT2D eigenvalue weighted by Crippen LogP contribution is 2.66. The summed E-state index contributed by atoms with van der Waals surface area (Å²) >= 11 is 5.24. The number of H-pyrrole nitrogens is 1. The first-order valence-corrected chi connectivity index (χ1v) is 43.3. The van der Waals surface area contributed by atoms with Crippen molar-refractivity contribution in [3.63, 3.8) is 0 Å². The number of carbonyl (C=O) groups excluding carboxylic acids is 2. The Labute approximate surface area is 586 Å². The quantitative estimate of drug-likeness (QED) is 0.00320. The number of anilines is 2. The van der Waals surface area contributed by atoms with Crippen LogP contribution in [0.15, 0.2) is 94.4 Å². The van der Waals surface area contributed by atoms with E-state index in [0.717, 1.165) is 74.2 Å². The standard InChI is InChI=1S/C61H83N6O19P3S5.O3S/c1-7-65-49-29-19-18-28-47(49)60(2,3)53(65)30-14-10-15-31-54-61(4,5)48-37-46(94(78,79)80)32-33-50(48)66(54)34-20-11-13-25-45(69)27-22-36-91-92-41-81-35-21-9-8-12-24-44(68)26-17-16-23-43-39-67(57-56(43)58(70)64-59(62)63-57)55-38-51(82-42-93(6)90)52(84-55)40-83-88(74,75)86-89(76,77)85-87(71,72)73;1-4(2)3/h10,14-15,18-19,28-33,37,39,51-52,55H,7-9,11-13,17,20-22,24-27,34-36,38,40-42H2,1-6H3,(H7-,62,63,64,70,71,72,73,74,75,76,77,78,79,80);/p+1/t51?,52-,55-,93?;/m1./s1. The van der Waals surface area contributed by atoms with Crippen LogP contribution in [-0.4, -0.2) is 144 Å². The lowest BCUT2D eigenvalue weighted by molar-refractivity contribution is -0.438. The zero-order chi connectivity index (χ0) is 72.2. The Morgan fingerprint density at radius 3 is 2.26 bits per heavy atom. The lowest BCUT2D eigenvalue weighted by Crippen LogP contribution is -2.29.